The third-order valence-corrected chi connectivity index (χ3v) is 6.81. The Morgan fingerprint density at radius 3 is 1.68 bits per heavy atom. The molecule has 4 heteroatoms. The first kappa shape index (κ1) is 21.1. The van der Waals surface area contributed by atoms with Gasteiger partial charge in [0.05, 0.1) is 0 Å². The van der Waals surface area contributed by atoms with E-state index in [2.05, 4.69) is 13.2 Å². The predicted molar refractivity (Wildman–Crippen MR) is 110 cm³/mol. The highest BCUT2D eigenvalue weighted by Gasteiger charge is 2.53. The molecule has 0 N–H and O–H groups in total. The average molecular weight is 389 g/mol. The zero-order valence-electron chi connectivity index (χ0n) is 17.6. The van der Waals surface area contributed by atoms with Crippen LogP contribution in [0.25, 0.3) is 0 Å². The van der Waals surface area contributed by atoms with Crippen LogP contribution in [0.4, 0.5) is 0 Å². The lowest BCUT2D eigenvalue weighted by molar-refractivity contribution is -0.182. The second kappa shape index (κ2) is 8.84. The zero-order chi connectivity index (χ0) is 20.3. The van der Waals surface area contributed by atoms with E-state index in [-0.39, 0.29) is 23.6 Å². The minimum atomic E-state index is -0.234. The van der Waals surface area contributed by atoms with Gasteiger partial charge >= 0.3 is 11.9 Å². The molecule has 4 nitrogen and oxygen atoms in total. The van der Waals surface area contributed by atoms with Crippen molar-refractivity contribution in [3.8, 4) is 0 Å². The summed E-state index contributed by atoms with van der Waals surface area (Å²) in [5.74, 6) is 2.06. The van der Waals surface area contributed by atoms with E-state index in [0.717, 1.165) is 49.9 Å². The molecule has 5 fully saturated rings. The number of esters is 2. The second-order valence-electron chi connectivity index (χ2n) is 9.72. The van der Waals surface area contributed by atoms with E-state index in [0.29, 0.717) is 11.1 Å². The van der Waals surface area contributed by atoms with Gasteiger partial charge in [-0.25, -0.2) is 9.59 Å². The van der Waals surface area contributed by atoms with Gasteiger partial charge in [-0.05, 0) is 95.8 Å². The third kappa shape index (κ3) is 5.27. The van der Waals surface area contributed by atoms with Gasteiger partial charge in [0.2, 0.25) is 0 Å². The van der Waals surface area contributed by atoms with Gasteiger partial charge in [-0.1, -0.05) is 19.6 Å². The highest BCUT2D eigenvalue weighted by atomic mass is 16.6. The summed E-state index contributed by atoms with van der Waals surface area (Å²) in [5, 5.41) is 0. The van der Waals surface area contributed by atoms with E-state index < -0.39 is 0 Å². The Morgan fingerprint density at radius 1 is 0.786 bits per heavy atom. The Hall–Kier alpha value is -1.58. The summed E-state index contributed by atoms with van der Waals surface area (Å²) in [7, 11) is 0. The molecule has 4 bridgehead atoms. The predicted octanol–water partition coefficient (Wildman–Crippen LogP) is 5.51. The molecule has 0 saturated heterocycles. The summed E-state index contributed by atoms with van der Waals surface area (Å²) in [6.45, 7) is 10.6. The minimum Gasteiger partial charge on any atom is -0.459 e. The maximum Gasteiger partial charge on any atom is 0.333 e. The Balaban J connectivity index is 0.000000169. The Labute approximate surface area is 169 Å². The molecule has 0 aromatic heterocycles. The summed E-state index contributed by atoms with van der Waals surface area (Å²) in [6, 6.07) is 0. The van der Waals surface area contributed by atoms with E-state index >= 15 is 0 Å². The quantitative estimate of drug-likeness (QED) is 0.470. The van der Waals surface area contributed by atoms with Gasteiger partial charge in [-0.2, -0.15) is 0 Å². The Morgan fingerprint density at radius 2 is 1.25 bits per heavy atom. The van der Waals surface area contributed by atoms with E-state index in [1.807, 2.05) is 0 Å². The summed E-state index contributed by atoms with van der Waals surface area (Å²) < 4.78 is 11.0. The van der Waals surface area contributed by atoms with Gasteiger partial charge in [0.25, 0.3) is 0 Å². The number of rotatable bonds is 4. The Bertz CT molecular complexity index is 591. The van der Waals surface area contributed by atoms with Crippen LogP contribution in [0.2, 0.25) is 0 Å². The second-order valence-corrected chi connectivity index (χ2v) is 9.72. The van der Waals surface area contributed by atoms with Crippen LogP contribution < -0.4 is 0 Å². The van der Waals surface area contributed by atoms with Gasteiger partial charge < -0.3 is 9.47 Å². The summed E-state index contributed by atoms with van der Waals surface area (Å²) >= 11 is 0. The van der Waals surface area contributed by atoms with Crippen LogP contribution in [0.1, 0.15) is 84.5 Å². The van der Waals surface area contributed by atoms with Crippen LogP contribution in [0.5, 0.6) is 0 Å². The van der Waals surface area contributed by atoms with Crippen LogP contribution in [0.15, 0.2) is 24.3 Å². The number of carbonyl (C=O) groups is 2. The Kier molecular flexibility index (Phi) is 6.67. The normalized spacial score (nSPS) is 33.4. The molecule has 0 aromatic carbocycles. The summed E-state index contributed by atoms with van der Waals surface area (Å²) in [4.78, 5) is 22.8. The smallest absolute Gasteiger partial charge is 0.333 e. The zero-order valence-corrected chi connectivity index (χ0v) is 17.6. The lowest BCUT2D eigenvalue weighted by Crippen LogP contribution is -2.52. The van der Waals surface area contributed by atoms with Gasteiger partial charge in [0.15, 0.2) is 0 Å². The van der Waals surface area contributed by atoms with Crippen molar-refractivity contribution in [3.63, 3.8) is 0 Å². The van der Waals surface area contributed by atoms with Crippen LogP contribution in [-0.2, 0) is 19.1 Å². The van der Waals surface area contributed by atoms with Gasteiger partial charge in [0.1, 0.15) is 11.7 Å². The highest BCUT2D eigenvalue weighted by Crippen LogP contribution is 2.57. The van der Waals surface area contributed by atoms with Gasteiger partial charge in [0, 0.05) is 11.1 Å². The molecule has 5 rings (SSSR count). The lowest BCUT2D eigenvalue weighted by atomic mass is 9.54. The maximum absolute atomic E-state index is 11.7. The van der Waals surface area contributed by atoms with Crippen molar-refractivity contribution in [1.29, 1.82) is 0 Å². The summed E-state index contributed by atoms with van der Waals surface area (Å²) in [5.41, 5.74) is 0.932. The van der Waals surface area contributed by atoms with E-state index in [4.69, 9.17) is 9.47 Å². The topological polar surface area (TPSA) is 52.6 Å². The average Bonchev–Trinajstić information content (AvgIpc) is 2.61. The summed E-state index contributed by atoms with van der Waals surface area (Å²) in [6.07, 6.45) is 13.3. The van der Waals surface area contributed by atoms with Crippen molar-refractivity contribution < 1.29 is 19.1 Å². The van der Waals surface area contributed by atoms with Crippen LogP contribution >= 0.6 is 0 Å². The fourth-order valence-corrected chi connectivity index (χ4v) is 5.87. The first-order valence-corrected chi connectivity index (χ1v) is 11.0. The van der Waals surface area contributed by atoms with Crippen LogP contribution in [0.3, 0.4) is 0 Å². The van der Waals surface area contributed by atoms with E-state index in [9.17, 15) is 9.59 Å². The highest BCUT2D eigenvalue weighted by molar-refractivity contribution is 5.87. The molecule has 0 amide bonds. The molecule has 0 aromatic rings. The molecule has 0 unspecified atom stereocenters. The lowest BCUT2D eigenvalue weighted by Gasteiger charge is -2.55. The van der Waals surface area contributed by atoms with Crippen molar-refractivity contribution in [2.75, 3.05) is 0 Å². The molecule has 5 aliphatic carbocycles. The molecule has 28 heavy (non-hydrogen) atoms. The van der Waals surface area contributed by atoms with Crippen molar-refractivity contribution in [2.45, 2.75) is 96.2 Å². The van der Waals surface area contributed by atoms with Gasteiger partial charge in [-0.3, -0.25) is 0 Å². The van der Waals surface area contributed by atoms with Crippen molar-refractivity contribution >= 4 is 11.9 Å². The molecule has 0 heterocycles. The molecular weight excluding hydrogens is 352 g/mol. The molecule has 5 aliphatic rings. The van der Waals surface area contributed by atoms with E-state index in [1.54, 1.807) is 13.8 Å². The fraction of sp³-hybridized carbons (Fsp3) is 0.750. The first-order chi connectivity index (χ1) is 13.3. The van der Waals surface area contributed by atoms with Gasteiger partial charge in [-0.15, -0.1) is 0 Å². The molecular formula is C24H36O4. The molecule has 156 valence electrons. The molecule has 0 atom stereocenters. The van der Waals surface area contributed by atoms with Crippen molar-refractivity contribution in [1.82, 2.24) is 0 Å². The number of hydrogen-bond donors (Lipinski definition) is 0. The number of hydrogen-bond acceptors (Lipinski definition) is 4. The van der Waals surface area contributed by atoms with Crippen molar-refractivity contribution in [2.24, 2.45) is 17.8 Å². The molecule has 5 saturated carbocycles. The SMILES string of the molecule is C=C(C)C(=O)OC12CC3CC(CC(C3)C1)C2.C=C(C)C(=O)OC1CCCCC1. The van der Waals surface area contributed by atoms with Crippen LogP contribution in [-0.4, -0.2) is 23.6 Å². The maximum atomic E-state index is 11.7. The molecule has 0 aliphatic heterocycles. The number of carbonyl (C=O) groups excluding carboxylic acids is 2. The minimum absolute atomic E-state index is 0.106. The fourth-order valence-electron chi connectivity index (χ4n) is 5.87. The molecule has 0 spiro atoms. The van der Waals surface area contributed by atoms with Crippen LogP contribution in [0, 0.1) is 17.8 Å². The third-order valence-electron chi connectivity index (χ3n) is 6.81. The largest absolute Gasteiger partial charge is 0.459 e. The first-order valence-electron chi connectivity index (χ1n) is 11.0. The monoisotopic (exact) mass is 388 g/mol. The van der Waals surface area contributed by atoms with Crippen molar-refractivity contribution in [3.05, 3.63) is 24.3 Å². The molecule has 0 radical (unpaired) electrons. The standard InChI is InChI=1S/C14H20O2.C10H16O2/c1-9(2)13(15)16-14-6-10-3-11(7-14)5-12(4-10)8-14;1-8(2)10(11)12-9-6-4-3-5-7-9/h10-12H,1,3-8H2,2H3;9H,1,3-7H2,2H3. The van der Waals surface area contributed by atoms with E-state index in [1.165, 1.54) is 38.5 Å². The number of ether oxygens (including phenoxy) is 2.